The predicted octanol–water partition coefficient (Wildman–Crippen LogP) is 2.37. The number of benzene rings is 1. The van der Waals surface area contributed by atoms with Crippen LogP contribution in [0.2, 0.25) is 0 Å². The zero-order valence-corrected chi connectivity index (χ0v) is 11.5. The van der Waals surface area contributed by atoms with Gasteiger partial charge in [-0.3, -0.25) is 14.4 Å². The predicted molar refractivity (Wildman–Crippen MR) is 70.7 cm³/mol. The highest BCUT2D eigenvalue weighted by molar-refractivity contribution is 5.92. The molecule has 106 valence electrons. The number of Topliss-reactive ketones (excluding diaryl/α,β-unsaturated/α-hetero) is 1. The fraction of sp³-hybridized carbons (Fsp3) is 0.400. The van der Waals surface area contributed by atoms with Gasteiger partial charge in [-0.2, -0.15) is 0 Å². The van der Waals surface area contributed by atoms with E-state index in [-0.39, 0.29) is 24.6 Å². The Bertz CT molecular complexity index is 561. The van der Waals surface area contributed by atoms with Crippen LogP contribution in [0.25, 0.3) is 0 Å². The Hall–Kier alpha value is -2.17. The van der Waals surface area contributed by atoms with E-state index in [1.165, 1.54) is 6.07 Å². The van der Waals surface area contributed by atoms with E-state index in [2.05, 4.69) is 0 Å². The minimum absolute atomic E-state index is 0.00111. The second kappa shape index (κ2) is 5.86. The average molecular weight is 276 g/mol. The van der Waals surface area contributed by atoms with Crippen molar-refractivity contribution in [2.24, 2.45) is 0 Å². The van der Waals surface area contributed by atoms with Gasteiger partial charge in [-0.05, 0) is 6.07 Å². The van der Waals surface area contributed by atoms with Crippen molar-refractivity contribution >= 4 is 17.7 Å². The summed E-state index contributed by atoms with van der Waals surface area (Å²) in [6.45, 7) is 3.45. The molecule has 0 N–H and O–H groups in total. The van der Waals surface area contributed by atoms with Crippen LogP contribution in [0.3, 0.4) is 0 Å². The normalized spacial score (nSPS) is 17.1. The Kier molecular flexibility index (Phi) is 4.17. The molecule has 0 amide bonds. The van der Waals surface area contributed by atoms with E-state index >= 15 is 0 Å². The highest BCUT2D eigenvalue weighted by Crippen LogP contribution is 2.37. The van der Waals surface area contributed by atoms with Crippen LogP contribution in [0.15, 0.2) is 18.2 Å². The van der Waals surface area contributed by atoms with Crippen molar-refractivity contribution in [3.63, 3.8) is 0 Å². The molecule has 0 saturated heterocycles. The number of ether oxygens (including phenoxy) is 2. The average Bonchev–Trinajstić information content (AvgIpc) is 2.44. The third kappa shape index (κ3) is 2.87. The molecule has 1 aliphatic heterocycles. The lowest BCUT2D eigenvalue weighted by atomic mass is 9.88. The molecule has 1 aromatic rings. The molecule has 0 saturated carbocycles. The monoisotopic (exact) mass is 276 g/mol. The van der Waals surface area contributed by atoms with Gasteiger partial charge >= 0.3 is 11.9 Å². The molecule has 2 rings (SSSR count). The molecule has 1 aliphatic rings. The second-order valence-corrected chi connectivity index (χ2v) is 4.58. The van der Waals surface area contributed by atoms with Crippen molar-refractivity contribution in [1.82, 2.24) is 0 Å². The standard InChI is InChI=1S/C15H16O5/c1-3-12(16)11-8-15(18)20-13-7-9(5-6-10(11)13)19-14(17)4-2/h5-7,11H,3-4,8H2,1-2H3. The Morgan fingerprint density at radius 2 is 2.05 bits per heavy atom. The maximum Gasteiger partial charge on any atom is 0.312 e. The van der Waals surface area contributed by atoms with Crippen LogP contribution < -0.4 is 9.47 Å². The molecule has 0 radical (unpaired) electrons. The van der Waals surface area contributed by atoms with Crippen LogP contribution >= 0.6 is 0 Å². The zero-order valence-electron chi connectivity index (χ0n) is 11.5. The zero-order chi connectivity index (χ0) is 14.7. The maximum atomic E-state index is 11.9. The third-order valence-electron chi connectivity index (χ3n) is 3.21. The first-order valence-electron chi connectivity index (χ1n) is 6.63. The summed E-state index contributed by atoms with van der Waals surface area (Å²) in [6, 6.07) is 4.77. The van der Waals surface area contributed by atoms with Gasteiger partial charge in [0.25, 0.3) is 0 Å². The van der Waals surface area contributed by atoms with Gasteiger partial charge < -0.3 is 9.47 Å². The first-order chi connectivity index (χ1) is 9.55. The fourth-order valence-corrected chi connectivity index (χ4v) is 2.13. The van der Waals surface area contributed by atoms with Crippen molar-refractivity contribution < 1.29 is 23.9 Å². The Balaban J connectivity index is 2.33. The summed E-state index contributed by atoms with van der Waals surface area (Å²) in [4.78, 5) is 34.7. The quantitative estimate of drug-likeness (QED) is 0.623. The van der Waals surface area contributed by atoms with Gasteiger partial charge in [-0.15, -0.1) is 0 Å². The van der Waals surface area contributed by atoms with Gasteiger partial charge in [-0.1, -0.05) is 19.9 Å². The van der Waals surface area contributed by atoms with Crippen LogP contribution in [0.4, 0.5) is 0 Å². The first-order valence-corrected chi connectivity index (χ1v) is 6.63. The highest BCUT2D eigenvalue weighted by atomic mass is 16.5. The van der Waals surface area contributed by atoms with Gasteiger partial charge in [0.15, 0.2) is 0 Å². The van der Waals surface area contributed by atoms with Crippen LogP contribution in [-0.4, -0.2) is 17.7 Å². The molecule has 5 heteroatoms. The van der Waals surface area contributed by atoms with E-state index in [9.17, 15) is 14.4 Å². The van der Waals surface area contributed by atoms with Crippen molar-refractivity contribution in [2.45, 2.75) is 39.0 Å². The molecule has 1 heterocycles. The number of fused-ring (bicyclic) bond motifs is 1. The summed E-state index contributed by atoms with van der Waals surface area (Å²) in [6.07, 6.45) is 0.686. The van der Waals surface area contributed by atoms with Gasteiger partial charge in [0.05, 0.1) is 12.3 Å². The van der Waals surface area contributed by atoms with Crippen LogP contribution in [0.5, 0.6) is 11.5 Å². The molecule has 0 aromatic heterocycles. The molecule has 0 aliphatic carbocycles. The van der Waals surface area contributed by atoms with Crippen LogP contribution in [-0.2, 0) is 14.4 Å². The Labute approximate surface area is 116 Å². The Morgan fingerprint density at radius 1 is 1.30 bits per heavy atom. The van der Waals surface area contributed by atoms with Crippen molar-refractivity contribution in [2.75, 3.05) is 0 Å². The minimum atomic E-state index is -0.466. The molecule has 1 aromatic carbocycles. The van der Waals surface area contributed by atoms with E-state index in [1.807, 2.05) is 0 Å². The van der Waals surface area contributed by atoms with E-state index in [4.69, 9.17) is 9.47 Å². The molecule has 1 unspecified atom stereocenters. The van der Waals surface area contributed by atoms with Crippen molar-refractivity contribution in [3.8, 4) is 11.5 Å². The maximum absolute atomic E-state index is 11.9. The molecule has 5 nitrogen and oxygen atoms in total. The van der Waals surface area contributed by atoms with E-state index < -0.39 is 11.9 Å². The van der Waals surface area contributed by atoms with Gasteiger partial charge in [0.2, 0.25) is 0 Å². The van der Waals surface area contributed by atoms with E-state index in [0.29, 0.717) is 23.5 Å². The van der Waals surface area contributed by atoms with Crippen molar-refractivity contribution in [1.29, 1.82) is 0 Å². The lowest BCUT2D eigenvalue weighted by Crippen LogP contribution is -2.25. The number of ketones is 1. The van der Waals surface area contributed by atoms with Gasteiger partial charge in [-0.25, -0.2) is 0 Å². The van der Waals surface area contributed by atoms with E-state index in [1.54, 1.807) is 26.0 Å². The lowest BCUT2D eigenvalue weighted by Gasteiger charge is -2.23. The highest BCUT2D eigenvalue weighted by Gasteiger charge is 2.31. The largest absolute Gasteiger partial charge is 0.426 e. The minimum Gasteiger partial charge on any atom is -0.426 e. The number of carbonyl (C=O) groups excluding carboxylic acids is 3. The summed E-state index contributed by atoms with van der Waals surface area (Å²) in [5.41, 5.74) is 0.674. The molecule has 0 fully saturated rings. The number of hydrogen-bond donors (Lipinski definition) is 0. The molecule has 1 atom stereocenters. The molecular formula is C15H16O5. The van der Waals surface area contributed by atoms with Gasteiger partial charge in [0.1, 0.15) is 17.3 Å². The molecule has 20 heavy (non-hydrogen) atoms. The fourth-order valence-electron chi connectivity index (χ4n) is 2.13. The topological polar surface area (TPSA) is 69.7 Å². The lowest BCUT2D eigenvalue weighted by molar-refractivity contribution is -0.138. The summed E-state index contributed by atoms with van der Waals surface area (Å²) in [5.74, 6) is -0.660. The summed E-state index contributed by atoms with van der Waals surface area (Å²) >= 11 is 0. The molecule has 0 spiro atoms. The van der Waals surface area contributed by atoms with E-state index in [0.717, 1.165) is 0 Å². The number of esters is 2. The van der Waals surface area contributed by atoms with Crippen molar-refractivity contribution in [3.05, 3.63) is 23.8 Å². The third-order valence-corrected chi connectivity index (χ3v) is 3.21. The SMILES string of the molecule is CCC(=O)Oc1ccc2c(c1)OC(=O)CC2C(=O)CC. The summed E-state index contributed by atoms with van der Waals surface area (Å²) in [7, 11) is 0. The number of rotatable bonds is 4. The summed E-state index contributed by atoms with van der Waals surface area (Å²) < 4.78 is 10.2. The Morgan fingerprint density at radius 3 is 2.70 bits per heavy atom. The molecule has 0 bridgehead atoms. The number of hydrogen-bond acceptors (Lipinski definition) is 5. The smallest absolute Gasteiger partial charge is 0.312 e. The number of carbonyl (C=O) groups is 3. The summed E-state index contributed by atoms with van der Waals surface area (Å²) in [5, 5.41) is 0. The van der Waals surface area contributed by atoms with Gasteiger partial charge in [0, 0.05) is 24.5 Å². The van der Waals surface area contributed by atoms with Crippen LogP contribution in [0, 0.1) is 0 Å². The second-order valence-electron chi connectivity index (χ2n) is 4.58. The first kappa shape index (κ1) is 14.2. The molecular weight excluding hydrogens is 260 g/mol. The van der Waals surface area contributed by atoms with Crippen LogP contribution in [0.1, 0.15) is 44.6 Å².